The second kappa shape index (κ2) is 6.05. The Kier molecular flexibility index (Phi) is 4.42. The molecule has 0 bridgehead atoms. The summed E-state index contributed by atoms with van der Waals surface area (Å²) in [6.45, 7) is 1.37. The molecule has 0 amide bonds. The van der Waals surface area contributed by atoms with E-state index in [0.717, 1.165) is 18.9 Å². The van der Waals surface area contributed by atoms with Crippen molar-refractivity contribution in [1.29, 1.82) is 0 Å². The molecule has 2 rings (SSSR count). The molecular weight excluding hydrogens is 238 g/mol. The first-order chi connectivity index (χ1) is 8.66. The van der Waals surface area contributed by atoms with E-state index in [1.165, 1.54) is 12.1 Å². The highest BCUT2D eigenvalue weighted by Gasteiger charge is 2.19. The van der Waals surface area contributed by atoms with Gasteiger partial charge in [0.15, 0.2) is 11.6 Å². The third kappa shape index (κ3) is 3.35. The molecule has 4 heteroatoms. The molecule has 1 saturated heterocycles. The molecule has 0 saturated carbocycles. The van der Waals surface area contributed by atoms with Gasteiger partial charge >= 0.3 is 0 Å². The predicted molar refractivity (Wildman–Crippen MR) is 63.2 cm³/mol. The summed E-state index contributed by atoms with van der Waals surface area (Å²) in [5.41, 5.74) is 0.145. The van der Waals surface area contributed by atoms with E-state index >= 15 is 0 Å². The minimum atomic E-state index is -0.905. The van der Waals surface area contributed by atoms with E-state index in [1.54, 1.807) is 0 Å². The van der Waals surface area contributed by atoms with Crippen LogP contribution in [0.25, 0.3) is 0 Å². The molecular formula is C14H16F2O2. The first kappa shape index (κ1) is 13.1. The summed E-state index contributed by atoms with van der Waals surface area (Å²) >= 11 is 0. The number of carbonyl (C=O) groups excluding carboxylic acids is 1. The van der Waals surface area contributed by atoms with Crippen LogP contribution in [0.1, 0.15) is 24.8 Å². The highest BCUT2D eigenvalue weighted by Crippen LogP contribution is 2.20. The average molecular weight is 254 g/mol. The minimum absolute atomic E-state index is 0.0268. The molecule has 18 heavy (non-hydrogen) atoms. The number of ether oxygens (including phenoxy) is 1. The van der Waals surface area contributed by atoms with E-state index in [4.69, 9.17) is 4.74 Å². The molecule has 1 fully saturated rings. The summed E-state index contributed by atoms with van der Waals surface area (Å²) in [6, 6.07) is 3.94. The van der Waals surface area contributed by atoms with Gasteiger partial charge in [-0.05, 0) is 30.4 Å². The van der Waals surface area contributed by atoms with Crippen molar-refractivity contribution in [2.75, 3.05) is 13.2 Å². The van der Waals surface area contributed by atoms with E-state index in [-0.39, 0.29) is 17.8 Å². The zero-order valence-electron chi connectivity index (χ0n) is 10.1. The molecule has 98 valence electrons. The molecule has 0 unspecified atom stereocenters. The second-order valence-electron chi connectivity index (χ2n) is 4.69. The molecule has 1 aliphatic rings. The SMILES string of the molecule is O=C(Cc1cccc(F)c1F)CC1CCOCC1. The summed E-state index contributed by atoms with van der Waals surface area (Å²) in [6.07, 6.45) is 2.15. The zero-order valence-corrected chi connectivity index (χ0v) is 10.1. The first-order valence-electron chi connectivity index (χ1n) is 6.19. The maximum absolute atomic E-state index is 13.4. The van der Waals surface area contributed by atoms with Gasteiger partial charge in [-0.1, -0.05) is 12.1 Å². The zero-order chi connectivity index (χ0) is 13.0. The maximum Gasteiger partial charge on any atom is 0.162 e. The fraction of sp³-hybridized carbons (Fsp3) is 0.500. The van der Waals surface area contributed by atoms with E-state index in [2.05, 4.69) is 0 Å². The predicted octanol–water partition coefficient (Wildman–Crippen LogP) is 2.89. The fourth-order valence-corrected chi connectivity index (χ4v) is 2.24. The summed E-state index contributed by atoms with van der Waals surface area (Å²) in [5, 5.41) is 0. The van der Waals surface area contributed by atoms with Crippen molar-refractivity contribution in [1.82, 2.24) is 0 Å². The topological polar surface area (TPSA) is 26.3 Å². The summed E-state index contributed by atoms with van der Waals surface area (Å²) in [5.74, 6) is -1.52. The van der Waals surface area contributed by atoms with Crippen molar-refractivity contribution in [3.8, 4) is 0 Å². The van der Waals surface area contributed by atoms with E-state index in [0.29, 0.717) is 25.6 Å². The number of Topliss-reactive ketones (excluding diaryl/α,β-unsaturated/α-hetero) is 1. The van der Waals surface area contributed by atoms with Gasteiger partial charge in [0, 0.05) is 26.1 Å². The minimum Gasteiger partial charge on any atom is -0.381 e. The van der Waals surface area contributed by atoms with Crippen molar-refractivity contribution in [3.05, 3.63) is 35.4 Å². The third-order valence-electron chi connectivity index (χ3n) is 3.28. The van der Waals surface area contributed by atoms with Gasteiger partial charge in [0.05, 0.1) is 0 Å². The van der Waals surface area contributed by atoms with Gasteiger partial charge in [0.1, 0.15) is 5.78 Å². The molecule has 0 aliphatic carbocycles. The summed E-state index contributed by atoms with van der Waals surface area (Å²) in [4.78, 5) is 11.8. The van der Waals surface area contributed by atoms with Crippen LogP contribution in [0.2, 0.25) is 0 Å². The largest absolute Gasteiger partial charge is 0.381 e. The van der Waals surface area contributed by atoms with Crippen LogP contribution >= 0.6 is 0 Å². The molecule has 0 aromatic heterocycles. The molecule has 1 heterocycles. The summed E-state index contributed by atoms with van der Waals surface area (Å²) in [7, 11) is 0. The first-order valence-corrected chi connectivity index (χ1v) is 6.19. The van der Waals surface area contributed by atoms with Crippen LogP contribution in [0, 0.1) is 17.6 Å². The molecule has 1 aromatic rings. The Bertz CT molecular complexity index is 426. The lowest BCUT2D eigenvalue weighted by Gasteiger charge is -2.21. The lowest BCUT2D eigenvalue weighted by Crippen LogP contribution is -2.19. The van der Waals surface area contributed by atoms with Crippen molar-refractivity contribution < 1.29 is 18.3 Å². The van der Waals surface area contributed by atoms with E-state index < -0.39 is 11.6 Å². The Labute approximate surface area is 105 Å². The van der Waals surface area contributed by atoms with Gasteiger partial charge in [-0.25, -0.2) is 8.78 Å². The maximum atomic E-state index is 13.4. The molecule has 1 aliphatic heterocycles. The van der Waals surface area contributed by atoms with Crippen LogP contribution in [-0.2, 0) is 16.0 Å². The standard InChI is InChI=1S/C14H16F2O2/c15-13-3-1-2-11(14(13)16)9-12(17)8-10-4-6-18-7-5-10/h1-3,10H,4-9H2. The van der Waals surface area contributed by atoms with Crippen LogP contribution in [0.5, 0.6) is 0 Å². The van der Waals surface area contributed by atoms with E-state index in [9.17, 15) is 13.6 Å². The van der Waals surface area contributed by atoms with Crippen LogP contribution < -0.4 is 0 Å². The molecule has 1 aromatic carbocycles. The fourth-order valence-electron chi connectivity index (χ4n) is 2.24. The van der Waals surface area contributed by atoms with Gasteiger partial charge in [-0.2, -0.15) is 0 Å². The quantitative estimate of drug-likeness (QED) is 0.825. The number of ketones is 1. The Morgan fingerprint density at radius 2 is 2.00 bits per heavy atom. The second-order valence-corrected chi connectivity index (χ2v) is 4.69. The van der Waals surface area contributed by atoms with Crippen molar-refractivity contribution in [3.63, 3.8) is 0 Å². The number of hydrogen-bond acceptors (Lipinski definition) is 2. The lowest BCUT2D eigenvalue weighted by atomic mass is 9.92. The number of carbonyl (C=O) groups is 1. The molecule has 0 spiro atoms. The van der Waals surface area contributed by atoms with Gasteiger partial charge in [-0.3, -0.25) is 4.79 Å². The molecule has 2 nitrogen and oxygen atoms in total. The van der Waals surface area contributed by atoms with Crippen LogP contribution in [0.3, 0.4) is 0 Å². The Hall–Kier alpha value is -1.29. The number of hydrogen-bond donors (Lipinski definition) is 0. The van der Waals surface area contributed by atoms with E-state index in [1.807, 2.05) is 0 Å². The summed E-state index contributed by atoms with van der Waals surface area (Å²) < 4.78 is 31.6. The Morgan fingerprint density at radius 3 is 2.72 bits per heavy atom. The number of halogens is 2. The number of benzene rings is 1. The third-order valence-corrected chi connectivity index (χ3v) is 3.28. The Balaban J connectivity index is 1.92. The smallest absolute Gasteiger partial charge is 0.162 e. The average Bonchev–Trinajstić information content (AvgIpc) is 2.36. The highest BCUT2D eigenvalue weighted by molar-refractivity contribution is 5.81. The van der Waals surface area contributed by atoms with Crippen molar-refractivity contribution >= 4 is 5.78 Å². The van der Waals surface area contributed by atoms with Gasteiger partial charge < -0.3 is 4.74 Å². The van der Waals surface area contributed by atoms with Crippen LogP contribution in [0.4, 0.5) is 8.78 Å². The lowest BCUT2D eigenvalue weighted by molar-refractivity contribution is -0.120. The molecule has 0 atom stereocenters. The van der Waals surface area contributed by atoms with Gasteiger partial charge in [0.25, 0.3) is 0 Å². The monoisotopic (exact) mass is 254 g/mol. The van der Waals surface area contributed by atoms with Crippen LogP contribution in [-0.4, -0.2) is 19.0 Å². The van der Waals surface area contributed by atoms with Crippen molar-refractivity contribution in [2.45, 2.75) is 25.7 Å². The highest BCUT2D eigenvalue weighted by atomic mass is 19.2. The normalized spacial score (nSPS) is 16.8. The molecule has 0 radical (unpaired) electrons. The van der Waals surface area contributed by atoms with Gasteiger partial charge in [-0.15, -0.1) is 0 Å². The molecule has 0 N–H and O–H groups in total. The van der Waals surface area contributed by atoms with Crippen molar-refractivity contribution in [2.24, 2.45) is 5.92 Å². The van der Waals surface area contributed by atoms with Gasteiger partial charge in [0.2, 0.25) is 0 Å². The number of rotatable bonds is 4. The van der Waals surface area contributed by atoms with Crippen LogP contribution in [0.15, 0.2) is 18.2 Å². The Morgan fingerprint density at radius 1 is 1.28 bits per heavy atom.